The first kappa shape index (κ1) is 15.7. The molecular formula is C13H19N3O4S. The molecule has 0 amide bonds. The topological polar surface area (TPSA) is 107 Å². The van der Waals surface area contributed by atoms with E-state index in [1.54, 1.807) is 0 Å². The fourth-order valence-electron chi connectivity index (χ4n) is 2.52. The lowest BCUT2D eigenvalue weighted by atomic mass is 9.96. The lowest BCUT2D eigenvalue weighted by Gasteiger charge is -2.19. The summed E-state index contributed by atoms with van der Waals surface area (Å²) in [6, 6.07) is 3.50. The molecule has 7 nitrogen and oxygen atoms in total. The predicted octanol–water partition coefficient (Wildman–Crippen LogP) is 1.84. The highest BCUT2D eigenvalue weighted by molar-refractivity contribution is 7.89. The second-order valence-electron chi connectivity index (χ2n) is 5.64. The molecule has 1 heterocycles. The number of nitro groups is 1. The number of hydrogen-bond donors (Lipinski definition) is 1. The summed E-state index contributed by atoms with van der Waals surface area (Å²) in [6.45, 7) is 4.97. The van der Waals surface area contributed by atoms with E-state index in [9.17, 15) is 18.5 Å². The highest BCUT2D eigenvalue weighted by atomic mass is 32.2. The molecule has 2 rings (SSSR count). The van der Waals surface area contributed by atoms with Gasteiger partial charge < -0.3 is 5.73 Å². The Morgan fingerprint density at radius 2 is 2.10 bits per heavy atom. The first-order chi connectivity index (χ1) is 9.73. The SMILES string of the molecule is CC(C)C1CCN(S(=O)(=O)c2cc([N+](=O)[O-])ccc2N)C1. The van der Waals surface area contributed by atoms with Crippen LogP contribution in [0.25, 0.3) is 0 Å². The number of nitrogens with two attached hydrogens (primary N) is 1. The summed E-state index contributed by atoms with van der Waals surface area (Å²) in [6.07, 6.45) is 0.797. The smallest absolute Gasteiger partial charge is 0.270 e. The summed E-state index contributed by atoms with van der Waals surface area (Å²) < 4.78 is 26.6. The van der Waals surface area contributed by atoms with Crippen molar-refractivity contribution in [3.63, 3.8) is 0 Å². The lowest BCUT2D eigenvalue weighted by Crippen LogP contribution is -2.30. The molecule has 1 saturated heterocycles. The van der Waals surface area contributed by atoms with Gasteiger partial charge in [0.05, 0.1) is 10.6 Å². The van der Waals surface area contributed by atoms with Gasteiger partial charge in [-0.15, -0.1) is 0 Å². The van der Waals surface area contributed by atoms with Crippen molar-refractivity contribution in [2.75, 3.05) is 18.8 Å². The minimum Gasteiger partial charge on any atom is -0.398 e. The molecule has 0 aromatic heterocycles. The molecule has 2 N–H and O–H groups in total. The van der Waals surface area contributed by atoms with E-state index in [0.717, 1.165) is 12.5 Å². The van der Waals surface area contributed by atoms with Gasteiger partial charge in [-0.25, -0.2) is 8.42 Å². The highest BCUT2D eigenvalue weighted by Gasteiger charge is 2.35. The van der Waals surface area contributed by atoms with Crippen LogP contribution in [0.2, 0.25) is 0 Å². The summed E-state index contributed by atoms with van der Waals surface area (Å²) in [5, 5.41) is 10.8. The van der Waals surface area contributed by atoms with Crippen LogP contribution < -0.4 is 5.73 Å². The van der Waals surface area contributed by atoms with E-state index in [2.05, 4.69) is 13.8 Å². The number of anilines is 1. The summed E-state index contributed by atoms with van der Waals surface area (Å²) in [5.41, 5.74) is 5.47. The van der Waals surface area contributed by atoms with E-state index in [-0.39, 0.29) is 16.3 Å². The maximum atomic E-state index is 12.6. The molecule has 0 bridgehead atoms. The average Bonchev–Trinajstić information content (AvgIpc) is 2.89. The predicted molar refractivity (Wildman–Crippen MR) is 79.2 cm³/mol. The van der Waals surface area contributed by atoms with Gasteiger partial charge in [0.1, 0.15) is 4.90 Å². The van der Waals surface area contributed by atoms with Crippen molar-refractivity contribution in [3.05, 3.63) is 28.3 Å². The fourth-order valence-corrected chi connectivity index (χ4v) is 4.16. The van der Waals surface area contributed by atoms with Gasteiger partial charge in [-0.3, -0.25) is 10.1 Å². The monoisotopic (exact) mass is 313 g/mol. The zero-order valence-corrected chi connectivity index (χ0v) is 12.8. The number of hydrogen-bond acceptors (Lipinski definition) is 5. The van der Waals surface area contributed by atoms with E-state index in [0.29, 0.717) is 24.9 Å². The molecule has 1 atom stereocenters. The Morgan fingerprint density at radius 1 is 1.43 bits per heavy atom. The molecule has 1 aromatic carbocycles. The van der Waals surface area contributed by atoms with Crippen LogP contribution in [0.15, 0.2) is 23.1 Å². The Kier molecular flexibility index (Phi) is 4.20. The molecule has 1 fully saturated rings. The Balaban J connectivity index is 2.36. The van der Waals surface area contributed by atoms with E-state index >= 15 is 0 Å². The van der Waals surface area contributed by atoms with Gasteiger partial charge >= 0.3 is 0 Å². The van der Waals surface area contributed by atoms with Crippen LogP contribution in [-0.4, -0.2) is 30.7 Å². The first-order valence-electron chi connectivity index (χ1n) is 6.77. The zero-order chi connectivity index (χ0) is 15.8. The number of benzene rings is 1. The Hall–Kier alpha value is -1.67. The van der Waals surface area contributed by atoms with Crippen molar-refractivity contribution >= 4 is 21.4 Å². The third-order valence-electron chi connectivity index (χ3n) is 3.96. The molecule has 1 unspecified atom stereocenters. The zero-order valence-electron chi connectivity index (χ0n) is 12.0. The van der Waals surface area contributed by atoms with Crippen LogP contribution in [-0.2, 0) is 10.0 Å². The second kappa shape index (κ2) is 5.61. The molecular weight excluding hydrogens is 294 g/mol. The van der Waals surface area contributed by atoms with Crippen LogP contribution in [0.5, 0.6) is 0 Å². The Bertz CT molecular complexity index is 657. The molecule has 1 aliphatic rings. The second-order valence-corrected chi connectivity index (χ2v) is 7.54. The molecule has 116 valence electrons. The normalized spacial score (nSPS) is 20.0. The van der Waals surface area contributed by atoms with Crippen molar-refractivity contribution in [1.29, 1.82) is 0 Å². The van der Waals surface area contributed by atoms with Gasteiger partial charge in [0.15, 0.2) is 0 Å². The largest absolute Gasteiger partial charge is 0.398 e. The van der Waals surface area contributed by atoms with Crippen molar-refractivity contribution in [2.24, 2.45) is 11.8 Å². The molecule has 0 saturated carbocycles. The minimum absolute atomic E-state index is 0.0357. The molecule has 0 spiro atoms. The number of nitrogen functional groups attached to an aromatic ring is 1. The summed E-state index contributed by atoms with van der Waals surface area (Å²) in [7, 11) is -3.79. The maximum Gasteiger partial charge on any atom is 0.270 e. The summed E-state index contributed by atoms with van der Waals surface area (Å²) >= 11 is 0. The summed E-state index contributed by atoms with van der Waals surface area (Å²) in [5.74, 6) is 0.701. The van der Waals surface area contributed by atoms with Crippen LogP contribution in [0.1, 0.15) is 20.3 Å². The highest BCUT2D eigenvalue weighted by Crippen LogP contribution is 2.32. The standard InChI is InChI=1S/C13H19N3O4S/c1-9(2)10-5-6-15(8-10)21(19,20)13-7-11(16(17)18)3-4-12(13)14/h3-4,7,9-10H,5-6,8,14H2,1-2H3. The number of nitrogens with zero attached hydrogens (tertiary/aromatic N) is 2. The van der Waals surface area contributed by atoms with Gasteiger partial charge in [0.2, 0.25) is 10.0 Å². The third-order valence-corrected chi connectivity index (χ3v) is 5.88. The fraction of sp³-hybridized carbons (Fsp3) is 0.538. The van der Waals surface area contributed by atoms with Crippen LogP contribution in [0, 0.1) is 22.0 Å². The Labute approximate surface area is 123 Å². The van der Waals surface area contributed by atoms with Gasteiger partial charge in [0.25, 0.3) is 5.69 Å². The maximum absolute atomic E-state index is 12.6. The van der Waals surface area contributed by atoms with Crippen molar-refractivity contribution in [2.45, 2.75) is 25.2 Å². The van der Waals surface area contributed by atoms with E-state index in [4.69, 9.17) is 5.73 Å². The van der Waals surface area contributed by atoms with E-state index < -0.39 is 14.9 Å². The molecule has 21 heavy (non-hydrogen) atoms. The van der Waals surface area contributed by atoms with Gasteiger partial charge in [-0.05, 0) is 24.3 Å². The van der Waals surface area contributed by atoms with Crippen molar-refractivity contribution in [1.82, 2.24) is 4.31 Å². The Morgan fingerprint density at radius 3 is 2.62 bits per heavy atom. The van der Waals surface area contributed by atoms with E-state index in [1.165, 1.54) is 16.4 Å². The van der Waals surface area contributed by atoms with Crippen molar-refractivity contribution in [3.8, 4) is 0 Å². The first-order valence-corrected chi connectivity index (χ1v) is 8.21. The molecule has 0 radical (unpaired) electrons. The average molecular weight is 313 g/mol. The summed E-state index contributed by atoms with van der Waals surface area (Å²) in [4.78, 5) is 10.0. The van der Waals surface area contributed by atoms with Gasteiger partial charge in [-0.1, -0.05) is 13.8 Å². The lowest BCUT2D eigenvalue weighted by molar-refractivity contribution is -0.385. The van der Waals surface area contributed by atoms with Gasteiger partial charge in [-0.2, -0.15) is 4.31 Å². The number of non-ortho nitro benzene ring substituents is 1. The van der Waals surface area contributed by atoms with Crippen LogP contribution in [0.4, 0.5) is 11.4 Å². The van der Waals surface area contributed by atoms with E-state index in [1.807, 2.05) is 0 Å². The quantitative estimate of drug-likeness (QED) is 0.518. The third kappa shape index (κ3) is 3.01. The molecule has 1 aliphatic heterocycles. The number of rotatable bonds is 4. The van der Waals surface area contributed by atoms with Crippen molar-refractivity contribution < 1.29 is 13.3 Å². The minimum atomic E-state index is -3.79. The molecule has 0 aliphatic carbocycles. The van der Waals surface area contributed by atoms with Crippen LogP contribution >= 0.6 is 0 Å². The molecule has 8 heteroatoms. The number of sulfonamides is 1. The number of nitro benzene ring substituents is 1. The van der Waals surface area contributed by atoms with Crippen LogP contribution in [0.3, 0.4) is 0 Å². The van der Waals surface area contributed by atoms with Gasteiger partial charge in [0, 0.05) is 25.2 Å². The molecule has 1 aromatic rings.